The largest absolute Gasteiger partial charge is 0.354 e. The molecular formula is C23H36N6. The summed E-state index contributed by atoms with van der Waals surface area (Å²) in [5.41, 5.74) is 1.46. The standard InChI is InChI=1S/C23H36N6/c1-4-19(3)26-23(24-13-16-29-18-25-27-22(29)5-2)28-14-11-21(12-15-28)17-20-9-7-6-8-10-20/h6-10,18-19,21H,4-5,11-17H2,1-3H3,(H,24,26). The molecule has 1 aromatic carbocycles. The van der Waals surface area contributed by atoms with Gasteiger partial charge in [-0.1, -0.05) is 44.2 Å². The lowest BCUT2D eigenvalue weighted by molar-refractivity contribution is 0.257. The third-order valence-corrected chi connectivity index (χ3v) is 5.88. The van der Waals surface area contributed by atoms with E-state index in [1.807, 2.05) is 6.33 Å². The van der Waals surface area contributed by atoms with Crippen molar-refractivity contribution in [2.24, 2.45) is 10.9 Å². The molecule has 0 radical (unpaired) electrons. The molecule has 1 N–H and O–H groups in total. The van der Waals surface area contributed by atoms with Crippen LogP contribution in [0.25, 0.3) is 0 Å². The van der Waals surface area contributed by atoms with Gasteiger partial charge in [-0.15, -0.1) is 10.2 Å². The third kappa shape index (κ3) is 6.31. The average molecular weight is 397 g/mol. The molecule has 29 heavy (non-hydrogen) atoms. The molecule has 1 saturated heterocycles. The molecule has 3 rings (SSSR count). The van der Waals surface area contributed by atoms with E-state index in [0.717, 1.165) is 56.7 Å². The minimum atomic E-state index is 0.428. The Morgan fingerprint density at radius 2 is 1.97 bits per heavy atom. The second kappa shape index (κ2) is 11.0. The Morgan fingerprint density at radius 3 is 2.66 bits per heavy atom. The van der Waals surface area contributed by atoms with Gasteiger partial charge in [-0.25, -0.2) is 0 Å². The van der Waals surface area contributed by atoms with Gasteiger partial charge >= 0.3 is 0 Å². The summed E-state index contributed by atoms with van der Waals surface area (Å²) < 4.78 is 2.11. The van der Waals surface area contributed by atoms with Crippen LogP contribution < -0.4 is 5.32 Å². The summed E-state index contributed by atoms with van der Waals surface area (Å²) in [6.45, 7) is 10.3. The molecule has 0 aliphatic carbocycles. The molecule has 1 atom stereocenters. The number of benzene rings is 1. The summed E-state index contributed by atoms with van der Waals surface area (Å²) in [5, 5.41) is 11.8. The van der Waals surface area contributed by atoms with Gasteiger partial charge in [-0.05, 0) is 44.1 Å². The van der Waals surface area contributed by atoms with Gasteiger partial charge in [0, 0.05) is 32.1 Å². The molecular weight excluding hydrogens is 360 g/mol. The molecule has 0 amide bonds. The van der Waals surface area contributed by atoms with Gasteiger partial charge in [0.05, 0.1) is 6.54 Å². The molecule has 1 fully saturated rings. The molecule has 2 aromatic rings. The van der Waals surface area contributed by atoms with Gasteiger partial charge in [-0.2, -0.15) is 0 Å². The van der Waals surface area contributed by atoms with E-state index in [1.54, 1.807) is 0 Å². The second-order valence-corrected chi connectivity index (χ2v) is 8.07. The van der Waals surface area contributed by atoms with Gasteiger partial charge in [-0.3, -0.25) is 4.99 Å². The van der Waals surface area contributed by atoms with Crippen LogP contribution in [0.3, 0.4) is 0 Å². The fourth-order valence-corrected chi connectivity index (χ4v) is 3.86. The number of aromatic nitrogens is 3. The first-order valence-electron chi connectivity index (χ1n) is 11.2. The summed E-state index contributed by atoms with van der Waals surface area (Å²) in [5.74, 6) is 2.85. The van der Waals surface area contributed by atoms with Crippen molar-refractivity contribution in [1.29, 1.82) is 0 Å². The van der Waals surface area contributed by atoms with Crippen LogP contribution >= 0.6 is 0 Å². The number of guanidine groups is 1. The van der Waals surface area contributed by atoms with E-state index in [0.29, 0.717) is 6.04 Å². The second-order valence-electron chi connectivity index (χ2n) is 8.07. The maximum atomic E-state index is 4.95. The van der Waals surface area contributed by atoms with Crippen LogP contribution in [0.5, 0.6) is 0 Å². The lowest BCUT2D eigenvalue weighted by atomic mass is 9.90. The number of likely N-dealkylation sites (tertiary alicyclic amines) is 1. The van der Waals surface area contributed by atoms with Crippen LogP contribution in [0.15, 0.2) is 41.7 Å². The predicted molar refractivity (Wildman–Crippen MR) is 119 cm³/mol. The highest BCUT2D eigenvalue weighted by atomic mass is 15.3. The third-order valence-electron chi connectivity index (χ3n) is 5.88. The highest BCUT2D eigenvalue weighted by Crippen LogP contribution is 2.21. The van der Waals surface area contributed by atoms with Crippen molar-refractivity contribution in [1.82, 2.24) is 25.0 Å². The van der Waals surface area contributed by atoms with Gasteiger partial charge in [0.15, 0.2) is 5.96 Å². The Balaban J connectivity index is 1.56. The molecule has 0 saturated carbocycles. The number of piperidine rings is 1. The number of nitrogens with one attached hydrogen (secondary N) is 1. The fraction of sp³-hybridized carbons (Fsp3) is 0.609. The number of hydrogen-bond donors (Lipinski definition) is 1. The van der Waals surface area contributed by atoms with Crippen LogP contribution in [0.2, 0.25) is 0 Å². The van der Waals surface area contributed by atoms with E-state index in [9.17, 15) is 0 Å². The topological polar surface area (TPSA) is 58.3 Å². The van der Waals surface area contributed by atoms with Gasteiger partial charge < -0.3 is 14.8 Å². The molecule has 2 heterocycles. The van der Waals surface area contributed by atoms with E-state index in [1.165, 1.54) is 24.8 Å². The van der Waals surface area contributed by atoms with E-state index in [-0.39, 0.29) is 0 Å². The average Bonchev–Trinajstić information content (AvgIpc) is 3.22. The normalized spacial score (nSPS) is 16.8. The lowest BCUT2D eigenvalue weighted by Gasteiger charge is -2.35. The van der Waals surface area contributed by atoms with Crippen molar-refractivity contribution in [3.8, 4) is 0 Å². The lowest BCUT2D eigenvalue weighted by Crippen LogP contribution is -2.48. The van der Waals surface area contributed by atoms with Crippen LogP contribution in [0.1, 0.15) is 51.4 Å². The van der Waals surface area contributed by atoms with Gasteiger partial charge in [0.25, 0.3) is 0 Å². The summed E-state index contributed by atoms with van der Waals surface area (Å²) >= 11 is 0. The molecule has 6 nitrogen and oxygen atoms in total. The summed E-state index contributed by atoms with van der Waals surface area (Å²) in [6.07, 6.45) is 7.44. The monoisotopic (exact) mass is 396 g/mol. The molecule has 1 aliphatic rings. The zero-order valence-corrected chi connectivity index (χ0v) is 18.2. The van der Waals surface area contributed by atoms with Crippen LogP contribution in [-0.4, -0.2) is 51.3 Å². The van der Waals surface area contributed by atoms with Gasteiger partial charge in [0.1, 0.15) is 12.2 Å². The minimum Gasteiger partial charge on any atom is -0.354 e. The number of nitrogens with zero attached hydrogens (tertiary/aromatic N) is 5. The van der Waals surface area contributed by atoms with Crippen molar-refractivity contribution in [2.75, 3.05) is 19.6 Å². The number of aryl methyl sites for hydroxylation is 1. The van der Waals surface area contributed by atoms with Crippen molar-refractivity contribution in [3.05, 3.63) is 48.0 Å². The molecule has 1 aliphatic heterocycles. The predicted octanol–water partition coefficient (Wildman–Crippen LogP) is 3.54. The van der Waals surface area contributed by atoms with Crippen molar-refractivity contribution >= 4 is 5.96 Å². The van der Waals surface area contributed by atoms with E-state index in [2.05, 4.69) is 76.1 Å². The molecule has 1 unspecified atom stereocenters. The summed E-state index contributed by atoms with van der Waals surface area (Å²) in [4.78, 5) is 7.39. The highest BCUT2D eigenvalue weighted by molar-refractivity contribution is 5.80. The number of hydrogen-bond acceptors (Lipinski definition) is 3. The Labute approximate surface area is 175 Å². The summed E-state index contributed by atoms with van der Waals surface area (Å²) in [7, 11) is 0. The van der Waals surface area contributed by atoms with E-state index >= 15 is 0 Å². The van der Waals surface area contributed by atoms with Crippen molar-refractivity contribution in [2.45, 2.75) is 65.5 Å². The SMILES string of the molecule is CCc1nncn1CCN=C(NC(C)CC)N1CCC(Cc2ccccc2)CC1. The Hall–Kier alpha value is -2.37. The maximum Gasteiger partial charge on any atom is 0.194 e. The first-order chi connectivity index (χ1) is 14.2. The van der Waals surface area contributed by atoms with Crippen LogP contribution in [0, 0.1) is 5.92 Å². The first kappa shape index (κ1) is 21.3. The minimum absolute atomic E-state index is 0.428. The number of rotatable bonds is 8. The van der Waals surface area contributed by atoms with Gasteiger partial charge in [0.2, 0.25) is 0 Å². The molecule has 0 spiro atoms. The smallest absolute Gasteiger partial charge is 0.194 e. The molecule has 0 bridgehead atoms. The first-order valence-corrected chi connectivity index (χ1v) is 11.2. The molecule has 6 heteroatoms. The maximum absolute atomic E-state index is 4.95. The Kier molecular flexibility index (Phi) is 8.08. The zero-order valence-electron chi connectivity index (χ0n) is 18.2. The number of aliphatic imine (C=N–C) groups is 1. The van der Waals surface area contributed by atoms with E-state index < -0.39 is 0 Å². The zero-order chi connectivity index (χ0) is 20.5. The Bertz CT molecular complexity index is 746. The van der Waals surface area contributed by atoms with Crippen molar-refractivity contribution < 1.29 is 0 Å². The molecule has 158 valence electrons. The van der Waals surface area contributed by atoms with Crippen LogP contribution in [0.4, 0.5) is 0 Å². The highest BCUT2D eigenvalue weighted by Gasteiger charge is 2.22. The Morgan fingerprint density at radius 1 is 1.21 bits per heavy atom. The summed E-state index contributed by atoms with van der Waals surface area (Å²) in [6, 6.07) is 11.3. The molecule has 1 aromatic heterocycles. The fourth-order valence-electron chi connectivity index (χ4n) is 3.86. The van der Waals surface area contributed by atoms with Crippen LogP contribution in [-0.2, 0) is 19.4 Å². The quantitative estimate of drug-likeness (QED) is 0.548. The van der Waals surface area contributed by atoms with E-state index in [4.69, 9.17) is 4.99 Å². The van der Waals surface area contributed by atoms with Crippen molar-refractivity contribution in [3.63, 3.8) is 0 Å².